The molecule has 7 rings (SSSR count). The van der Waals surface area contributed by atoms with Crippen molar-refractivity contribution < 1.29 is 29.1 Å². The van der Waals surface area contributed by atoms with Crippen LogP contribution in [0.3, 0.4) is 0 Å². The Balaban J connectivity index is 0.000000439. The van der Waals surface area contributed by atoms with E-state index >= 15 is 0 Å². The number of carbonyl (C=O) groups is 1. The molecule has 3 aliphatic heterocycles. The molecule has 0 unspecified atom stereocenters. The quantitative estimate of drug-likeness (QED) is 0.502. The number of aliphatic carboxylic acids is 1. The zero-order valence-corrected chi connectivity index (χ0v) is 24.3. The third-order valence-corrected chi connectivity index (χ3v) is 8.88. The van der Waals surface area contributed by atoms with Gasteiger partial charge in [-0.15, -0.1) is 0 Å². The molecular formula is C33H40N2O6. The molecule has 218 valence electrons. The Morgan fingerprint density at radius 1 is 1.07 bits per heavy atom. The predicted octanol–water partition coefficient (Wildman–Crippen LogP) is 5.82. The molecule has 8 nitrogen and oxygen atoms in total. The van der Waals surface area contributed by atoms with E-state index in [1.807, 2.05) is 0 Å². The van der Waals surface area contributed by atoms with Gasteiger partial charge in [0.2, 0.25) is 0 Å². The van der Waals surface area contributed by atoms with Crippen molar-refractivity contribution in [1.29, 1.82) is 0 Å². The van der Waals surface area contributed by atoms with Gasteiger partial charge in [-0.25, -0.2) is 0 Å². The molecule has 2 spiro atoms. The van der Waals surface area contributed by atoms with Crippen LogP contribution in [0.25, 0.3) is 0 Å². The Morgan fingerprint density at radius 3 is 2.29 bits per heavy atom. The number of fused-ring (bicyclic) bond motifs is 2. The monoisotopic (exact) mass is 560 g/mol. The molecule has 0 radical (unpaired) electrons. The van der Waals surface area contributed by atoms with Crippen LogP contribution in [0.15, 0.2) is 47.6 Å². The number of hydrogen-bond acceptors (Lipinski definition) is 7. The molecule has 0 bridgehead atoms. The average Bonchev–Trinajstić information content (AvgIpc) is 3.86. The minimum absolute atomic E-state index is 0.0438. The lowest BCUT2D eigenvalue weighted by molar-refractivity contribution is -0.191. The van der Waals surface area contributed by atoms with E-state index in [0.29, 0.717) is 11.3 Å². The van der Waals surface area contributed by atoms with Crippen molar-refractivity contribution >= 4 is 17.8 Å². The van der Waals surface area contributed by atoms with Crippen LogP contribution in [0.2, 0.25) is 0 Å². The average molecular weight is 561 g/mol. The molecule has 5 aliphatic rings. The molecule has 0 amide bonds. The van der Waals surface area contributed by atoms with E-state index in [9.17, 15) is 0 Å². The molecule has 0 atom stereocenters. The van der Waals surface area contributed by atoms with Gasteiger partial charge < -0.3 is 14.7 Å². The van der Waals surface area contributed by atoms with Crippen LogP contribution in [0.5, 0.6) is 5.75 Å². The summed E-state index contributed by atoms with van der Waals surface area (Å²) in [4.78, 5) is 34.0. The molecule has 2 aliphatic carbocycles. The highest BCUT2D eigenvalue weighted by Gasteiger charge is 2.54. The van der Waals surface area contributed by atoms with Gasteiger partial charge in [-0.1, -0.05) is 47.6 Å². The zero-order valence-electron chi connectivity index (χ0n) is 24.3. The van der Waals surface area contributed by atoms with E-state index < -0.39 is 5.97 Å². The number of carboxylic acids is 1. The van der Waals surface area contributed by atoms with Crippen LogP contribution in [0.4, 0.5) is 0 Å². The molecule has 3 heterocycles. The van der Waals surface area contributed by atoms with Crippen LogP contribution < -0.4 is 4.74 Å². The number of benzene rings is 2. The molecule has 2 aromatic carbocycles. The summed E-state index contributed by atoms with van der Waals surface area (Å²) in [6.07, 6.45) is 9.74. The lowest BCUT2D eigenvalue weighted by Gasteiger charge is -2.40. The Hall–Kier alpha value is -3.48. The van der Waals surface area contributed by atoms with E-state index in [1.54, 1.807) is 0 Å². The second-order valence-electron chi connectivity index (χ2n) is 12.9. The molecule has 41 heavy (non-hydrogen) atoms. The maximum atomic E-state index is 9.00. The third-order valence-electron chi connectivity index (χ3n) is 8.88. The number of hydrogen-bond donors (Lipinski definition) is 1. The Labute approximate surface area is 241 Å². The minimum atomic E-state index is -0.833. The molecule has 0 aromatic heterocycles. The van der Waals surface area contributed by atoms with Gasteiger partial charge in [0.1, 0.15) is 17.0 Å². The van der Waals surface area contributed by atoms with Crippen molar-refractivity contribution in [3.8, 4) is 5.75 Å². The highest BCUT2D eigenvalue weighted by molar-refractivity contribution is 6.01. The van der Waals surface area contributed by atoms with Crippen molar-refractivity contribution in [3.05, 3.63) is 64.7 Å². The SMILES string of the molecule is CC(=O)O.CC1(C)CC2(CC2)c2cc(CN3CCC4(CC3)CC(c3ccccc3)=NO4)cc(C3CC3)c2O1.O=C=O. The topological polar surface area (TPSA) is 106 Å². The van der Waals surface area contributed by atoms with Gasteiger partial charge in [0.25, 0.3) is 5.97 Å². The summed E-state index contributed by atoms with van der Waals surface area (Å²) in [5.41, 5.74) is 7.05. The summed E-state index contributed by atoms with van der Waals surface area (Å²) >= 11 is 0. The number of carbonyl (C=O) groups excluding carboxylic acids is 2. The number of piperidine rings is 1. The molecule has 2 saturated carbocycles. The maximum Gasteiger partial charge on any atom is 0.373 e. The fraction of sp³-hybridized carbons (Fsp3) is 0.545. The Morgan fingerprint density at radius 2 is 1.71 bits per heavy atom. The largest absolute Gasteiger partial charge is 0.487 e. The van der Waals surface area contributed by atoms with E-state index in [0.717, 1.165) is 58.0 Å². The van der Waals surface area contributed by atoms with E-state index in [-0.39, 0.29) is 17.4 Å². The third kappa shape index (κ3) is 6.71. The van der Waals surface area contributed by atoms with Gasteiger partial charge in [-0.2, -0.15) is 9.59 Å². The van der Waals surface area contributed by atoms with Gasteiger partial charge in [0.05, 0.1) is 5.71 Å². The van der Waals surface area contributed by atoms with Gasteiger partial charge in [0, 0.05) is 56.8 Å². The van der Waals surface area contributed by atoms with Gasteiger partial charge in [0.15, 0.2) is 0 Å². The molecule has 3 fully saturated rings. The molecule has 1 N–H and O–H groups in total. The summed E-state index contributed by atoms with van der Waals surface area (Å²) in [6.45, 7) is 8.82. The van der Waals surface area contributed by atoms with Crippen LogP contribution in [0, 0.1) is 0 Å². The second kappa shape index (κ2) is 11.4. The predicted molar refractivity (Wildman–Crippen MR) is 153 cm³/mol. The molecule has 8 heteroatoms. The number of oxime groups is 1. The first-order valence-electron chi connectivity index (χ1n) is 14.7. The van der Waals surface area contributed by atoms with Crippen LogP contribution in [-0.4, -0.2) is 52.1 Å². The smallest absolute Gasteiger partial charge is 0.373 e. The van der Waals surface area contributed by atoms with E-state index in [2.05, 4.69) is 66.4 Å². The van der Waals surface area contributed by atoms with E-state index in [4.69, 9.17) is 29.1 Å². The second-order valence-corrected chi connectivity index (χ2v) is 12.9. The number of likely N-dealkylation sites (tertiary alicyclic amines) is 1. The summed E-state index contributed by atoms with van der Waals surface area (Å²) in [5, 5.41) is 11.9. The molecule has 1 saturated heterocycles. The van der Waals surface area contributed by atoms with Crippen molar-refractivity contribution in [3.63, 3.8) is 0 Å². The van der Waals surface area contributed by atoms with Gasteiger partial charge in [-0.3, -0.25) is 9.69 Å². The number of nitrogens with zero attached hydrogens (tertiary/aromatic N) is 2. The van der Waals surface area contributed by atoms with Crippen molar-refractivity contribution in [2.45, 2.75) is 101 Å². The molecular weight excluding hydrogens is 520 g/mol. The first kappa shape index (κ1) is 29.0. The lowest BCUT2D eigenvalue weighted by atomic mass is 9.79. The standard InChI is InChI=1S/C30H36N2O2.C2H4O2.CO2/c1-28(2)20-29(10-11-29)25-17-21(16-24(22-8-9-22)27(25)33-28)19-32-14-12-30(13-15-32)18-26(31-34-30)23-6-4-3-5-7-23;1-2(3)4;2-1-3/h3-7,16-17,22H,8-15,18-20H2,1-2H3;1H3,(H,3,4);. The highest BCUT2D eigenvalue weighted by Crippen LogP contribution is 2.62. The van der Waals surface area contributed by atoms with Gasteiger partial charge >= 0.3 is 6.15 Å². The molecule has 2 aromatic rings. The summed E-state index contributed by atoms with van der Waals surface area (Å²) in [6, 6.07) is 15.5. The minimum Gasteiger partial charge on any atom is -0.487 e. The van der Waals surface area contributed by atoms with E-state index in [1.165, 1.54) is 53.7 Å². The summed E-state index contributed by atoms with van der Waals surface area (Å²) in [7, 11) is 0. The summed E-state index contributed by atoms with van der Waals surface area (Å²) in [5.74, 6) is 1.13. The number of rotatable bonds is 4. The Kier molecular flexibility index (Phi) is 8.09. The first-order valence-corrected chi connectivity index (χ1v) is 14.7. The Bertz CT molecular complexity index is 1320. The normalized spacial score (nSPS) is 22.4. The zero-order chi connectivity index (χ0) is 29.3. The van der Waals surface area contributed by atoms with Crippen molar-refractivity contribution in [1.82, 2.24) is 4.90 Å². The summed E-state index contributed by atoms with van der Waals surface area (Å²) < 4.78 is 6.64. The highest BCUT2D eigenvalue weighted by atomic mass is 16.7. The fourth-order valence-electron chi connectivity index (χ4n) is 6.78. The number of ether oxygens (including phenoxy) is 1. The lowest BCUT2D eigenvalue weighted by Crippen LogP contribution is -2.44. The van der Waals surface area contributed by atoms with Crippen molar-refractivity contribution in [2.75, 3.05) is 13.1 Å². The van der Waals surface area contributed by atoms with Crippen molar-refractivity contribution in [2.24, 2.45) is 5.16 Å². The number of carboxylic acid groups (broad SMARTS) is 1. The maximum absolute atomic E-state index is 9.00. The van der Waals surface area contributed by atoms with Crippen LogP contribution in [0.1, 0.15) is 100 Å². The first-order chi connectivity index (χ1) is 19.6. The van der Waals surface area contributed by atoms with Crippen LogP contribution in [-0.2, 0) is 31.2 Å². The van der Waals surface area contributed by atoms with Gasteiger partial charge in [-0.05, 0) is 68.6 Å². The van der Waals surface area contributed by atoms with Crippen LogP contribution >= 0.6 is 0 Å². The fourth-order valence-corrected chi connectivity index (χ4v) is 6.78.